The van der Waals surface area contributed by atoms with Gasteiger partial charge in [0.05, 0.1) is 44.1 Å². The van der Waals surface area contributed by atoms with E-state index in [0.29, 0.717) is 12.8 Å². The highest BCUT2D eigenvalue weighted by Crippen LogP contribution is 2.73. The van der Waals surface area contributed by atoms with Crippen LogP contribution in [0.1, 0.15) is 99.8 Å². The van der Waals surface area contributed by atoms with Crippen LogP contribution in [0.15, 0.2) is 11.6 Å². The number of carbonyl (C=O) groups excluding carboxylic acids is 1. The van der Waals surface area contributed by atoms with Crippen LogP contribution in [0.5, 0.6) is 0 Å². The van der Waals surface area contributed by atoms with E-state index in [1.165, 1.54) is 12.5 Å². The van der Waals surface area contributed by atoms with Gasteiger partial charge in [0, 0.05) is 5.41 Å². The number of aliphatic hydroxyl groups is 12. The van der Waals surface area contributed by atoms with Crippen molar-refractivity contribution < 1.29 is 99.2 Å². The summed E-state index contributed by atoms with van der Waals surface area (Å²) in [6.07, 6.45) is -19.7. The smallest absolute Gasteiger partial charge is 0.309 e. The molecule has 0 spiro atoms. The molecule has 0 amide bonds. The molecule has 4 heterocycles. The second-order valence-corrected chi connectivity index (χ2v) is 23.0. The fraction of sp³-hybridized carbons (Fsp3) is 0.938. The van der Waals surface area contributed by atoms with Gasteiger partial charge in [0.15, 0.2) is 18.9 Å². The van der Waals surface area contributed by atoms with Gasteiger partial charge in [0.25, 0.3) is 0 Å². The van der Waals surface area contributed by atoms with E-state index >= 15 is 0 Å². The fourth-order valence-corrected chi connectivity index (χ4v) is 14.4. The van der Waals surface area contributed by atoms with Crippen molar-refractivity contribution in [3.8, 4) is 0 Å². The van der Waals surface area contributed by atoms with Gasteiger partial charge in [-0.15, -0.1) is 0 Å². The highest BCUT2D eigenvalue weighted by Gasteiger charge is 2.67. The van der Waals surface area contributed by atoms with Gasteiger partial charge in [-0.05, 0) is 106 Å². The van der Waals surface area contributed by atoms with Gasteiger partial charge in [0.2, 0.25) is 0 Å². The molecule has 4 saturated heterocycles. The number of fused-ring (bicyclic) bond motifs is 5. The molecule has 0 unspecified atom stereocenters. The normalized spacial score (nSPS) is 55.0. The Kier molecular flexibility index (Phi) is 14.8. The topological polar surface area (TPSA) is 324 Å². The molecule has 68 heavy (non-hydrogen) atoms. The average Bonchev–Trinajstić information content (AvgIpc) is 3.54. The molecule has 0 aromatic heterocycles. The largest absolute Gasteiger partial charge is 0.457 e. The lowest BCUT2D eigenvalue weighted by Gasteiger charge is -2.64. The summed E-state index contributed by atoms with van der Waals surface area (Å²) in [4.78, 5) is 13.8. The lowest BCUT2D eigenvalue weighted by atomic mass is 9.40. The van der Waals surface area contributed by atoms with Crippen molar-refractivity contribution >= 4 is 5.97 Å². The summed E-state index contributed by atoms with van der Waals surface area (Å²) in [6.45, 7) is 12.1. The molecule has 0 bridgehead atoms. The van der Waals surface area contributed by atoms with Gasteiger partial charge >= 0.3 is 5.97 Å². The van der Waals surface area contributed by atoms with E-state index in [9.17, 15) is 66.1 Å². The average molecular weight is 975 g/mol. The van der Waals surface area contributed by atoms with Gasteiger partial charge in [0.1, 0.15) is 78.8 Å². The molecule has 4 aliphatic heterocycles. The quantitative estimate of drug-likeness (QED) is 0.0875. The van der Waals surface area contributed by atoms with E-state index in [1.807, 2.05) is 6.92 Å². The van der Waals surface area contributed by atoms with Gasteiger partial charge in [-0.2, -0.15) is 0 Å². The number of esters is 1. The molecule has 4 aliphatic carbocycles. The van der Waals surface area contributed by atoms with Crippen molar-refractivity contribution in [1.82, 2.24) is 0 Å². The van der Waals surface area contributed by atoms with E-state index in [1.54, 1.807) is 13.8 Å². The third kappa shape index (κ3) is 8.54. The Morgan fingerprint density at radius 1 is 0.691 bits per heavy atom. The summed E-state index contributed by atoms with van der Waals surface area (Å²) in [5, 5.41) is 130. The molecular weight excluding hydrogens is 897 g/mol. The molecule has 20 heteroatoms. The van der Waals surface area contributed by atoms with E-state index < -0.39 is 141 Å². The number of carbonyl (C=O) groups is 1. The Balaban J connectivity index is 1.03. The number of rotatable bonds is 10. The van der Waals surface area contributed by atoms with Gasteiger partial charge in [-0.1, -0.05) is 39.3 Å². The maximum atomic E-state index is 13.8. The van der Waals surface area contributed by atoms with Crippen molar-refractivity contribution in [2.24, 2.45) is 45.3 Å². The van der Waals surface area contributed by atoms with Gasteiger partial charge in [-0.25, -0.2) is 0 Å². The third-order valence-corrected chi connectivity index (χ3v) is 19.0. The molecule has 7 fully saturated rings. The molecule has 20 nitrogen and oxygen atoms in total. The van der Waals surface area contributed by atoms with Crippen LogP contribution in [0, 0.1) is 45.3 Å². The Morgan fingerprint density at radius 3 is 2.03 bits per heavy atom. The van der Waals surface area contributed by atoms with Crippen LogP contribution in [-0.4, -0.2) is 203 Å². The molecule has 0 aromatic rings. The van der Waals surface area contributed by atoms with Crippen LogP contribution in [-0.2, 0) is 38.0 Å². The monoisotopic (exact) mass is 975 g/mol. The number of ether oxygens (including phenoxy) is 7. The summed E-state index contributed by atoms with van der Waals surface area (Å²) >= 11 is 0. The van der Waals surface area contributed by atoms with Gasteiger partial charge in [-0.3, -0.25) is 4.79 Å². The Bertz CT molecular complexity index is 1840. The van der Waals surface area contributed by atoms with Crippen LogP contribution in [0.4, 0.5) is 0 Å². The maximum Gasteiger partial charge on any atom is 0.309 e. The first kappa shape index (κ1) is 52.8. The van der Waals surface area contributed by atoms with E-state index in [2.05, 4.69) is 26.8 Å². The first-order chi connectivity index (χ1) is 31.7. The Hall–Kier alpha value is -1.51. The highest BCUT2D eigenvalue weighted by atomic mass is 16.7. The van der Waals surface area contributed by atoms with E-state index in [-0.39, 0.29) is 53.0 Å². The standard InChI is InChI=1S/C48H78O20/c1-20-30(52)33(55)35(57)41(64-20)62-18-27-32(54)38(67-43-36(58)34(56)31(53)26(17-49)65-43)37(59)42(66-27)63-19-46(5)28-9-8-24-23(45(28,4)13-12-29(46)51)11-15-47(6)22(10-14-48(24,47)7)21-16-25(50)39(60)44(2,3)68-40(21)61/h8,20-23,25-39,41-43,49-60H,9-19H2,1-7H3/t20-,21-,22-,23-,25+,26+,27+,28+,29-,30-,31+,32+,33+,34-,35+,36+,37+,38-,39-,41+,42+,43-,45+,46+,47-,48+/m0/s1. The van der Waals surface area contributed by atoms with E-state index in [0.717, 1.165) is 32.1 Å². The van der Waals surface area contributed by atoms with Crippen molar-refractivity contribution in [2.75, 3.05) is 19.8 Å². The molecule has 390 valence electrons. The maximum absolute atomic E-state index is 13.8. The van der Waals surface area contributed by atoms with Crippen molar-refractivity contribution in [2.45, 2.75) is 216 Å². The molecular formula is C48H78O20. The minimum Gasteiger partial charge on any atom is -0.457 e. The van der Waals surface area contributed by atoms with Crippen LogP contribution in [0.25, 0.3) is 0 Å². The zero-order chi connectivity index (χ0) is 49.8. The molecule has 12 N–H and O–H groups in total. The lowest BCUT2D eigenvalue weighted by Crippen LogP contribution is -2.65. The van der Waals surface area contributed by atoms with Crippen molar-refractivity contribution in [3.05, 3.63) is 11.6 Å². The number of cyclic esters (lactones) is 1. The van der Waals surface area contributed by atoms with Crippen molar-refractivity contribution in [1.29, 1.82) is 0 Å². The predicted octanol–water partition coefficient (Wildman–Crippen LogP) is -1.51. The second kappa shape index (κ2) is 19.1. The highest BCUT2D eigenvalue weighted by molar-refractivity contribution is 5.74. The predicted molar refractivity (Wildman–Crippen MR) is 233 cm³/mol. The van der Waals surface area contributed by atoms with Crippen LogP contribution in [0.2, 0.25) is 0 Å². The summed E-state index contributed by atoms with van der Waals surface area (Å²) in [5.74, 6) is -1.05. The zero-order valence-electron chi connectivity index (χ0n) is 40.2. The SMILES string of the molecule is C[C@@H]1O[C@@H](OC[C@H]2O[C@@H](OC[C@]3(C)[C@@H]4CC=C5[C@H](CC[C@@]6(C)[C@H]([C@@H]7C[C@@H](O)[C@H](O)C(C)(C)OC7=O)CC[C@]56C)[C@@]4(C)CC[C@@H]3O)[C@H](O)[C@@H](O[C@@H]3O[C@H](CO)[C@@H](O)[C@H](O)[C@H]3O)[C@@H]2O)[C@H](O)[C@H](O)[C@H]1O. The molecule has 3 saturated carbocycles. The molecule has 8 aliphatic rings. The minimum absolute atomic E-state index is 0.0820. The minimum atomic E-state index is -1.89. The Labute approximate surface area is 397 Å². The van der Waals surface area contributed by atoms with E-state index in [4.69, 9.17) is 33.2 Å². The van der Waals surface area contributed by atoms with Gasteiger partial charge < -0.3 is 94.4 Å². The summed E-state index contributed by atoms with van der Waals surface area (Å²) < 4.78 is 41.4. The van der Waals surface area contributed by atoms with Crippen LogP contribution >= 0.6 is 0 Å². The first-order valence-corrected chi connectivity index (χ1v) is 24.6. The number of aliphatic hydroxyl groups excluding tert-OH is 12. The first-order valence-electron chi connectivity index (χ1n) is 24.6. The second-order valence-electron chi connectivity index (χ2n) is 23.0. The molecule has 0 radical (unpaired) electrons. The molecule has 26 atom stereocenters. The summed E-state index contributed by atoms with van der Waals surface area (Å²) in [6, 6.07) is 0. The fourth-order valence-electron chi connectivity index (χ4n) is 14.4. The lowest BCUT2D eigenvalue weighted by molar-refractivity contribution is -0.368. The summed E-state index contributed by atoms with van der Waals surface area (Å²) in [5.41, 5.74) is -1.72. The number of allylic oxidation sites excluding steroid dienone is 2. The van der Waals surface area contributed by atoms with Crippen molar-refractivity contribution in [3.63, 3.8) is 0 Å². The van der Waals surface area contributed by atoms with Crippen LogP contribution in [0.3, 0.4) is 0 Å². The Morgan fingerprint density at radius 2 is 1.34 bits per heavy atom. The number of hydrogen-bond acceptors (Lipinski definition) is 20. The van der Waals surface area contributed by atoms with Crippen LogP contribution < -0.4 is 0 Å². The third-order valence-electron chi connectivity index (χ3n) is 19.0. The zero-order valence-corrected chi connectivity index (χ0v) is 40.2. The molecule has 0 aromatic carbocycles. The summed E-state index contributed by atoms with van der Waals surface area (Å²) in [7, 11) is 0. The number of hydrogen-bond donors (Lipinski definition) is 12. The molecule has 8 rings (SSSR count).